The number of esters is 1. The molecule has 2 rings (SSSR count). The zero-order valence-electron chi connectivity index (χ0n) is 13.4. The van der Waals surface area contributed by atoms with Crippen LogP contribution in [0.5, 0.6) is 0 Å². The fraction of sp³-hybridized carbons (Fsp3) is 0.529. The van der Waals surface area contributed by atoms with Crippen LogP contribution in [0.3, 0.4) is 0 Å². The molecule has 6 heteroatoms. The van der Waals surface area contributed by atoms with Gasteiger partial charge in [-0.15, -0.1) is 0 Å². The number of fused-ring (bicyclic) bond motifs is 1. The Kier molecular flexibility index (Phi) is 5.83. The van der Waals surface area contributed by atoms with Crippen LogP contribution < -0.4 is 10.6 Å². The van der Waals surface area contributed by atoms with E-state index in [1.54, 1.807) is 12.1 Å². The maximum Gasteiger partial charge on any atom is 0.302 e. The number of carbonyl (C=O) groups is 1. The minimum Gasteiger partial charge on any atom is -0.466 e. The lowest BCUT2D eigenvalue weighted by Gasteiger charge is -2.28. The molecule has 1 aliphatic rings. The van der Waals surface area contributed by atoms with Crippen LogP contribution in [-0.2, 0) is 9.53 Å². The lowest BCUT2D eigenvalue weighted by Crippen LogP contribution is -2.45. The van der Waals surface area contributed by atoms with Crippen LogP contribution in [0, 0.1) is 11.3 Å². The van der Waals surface area contributed by atoms with Gasteiger partial charge in [0.1, 0.15) is 5.66 Å². The van der Waals surface area contributed by atoms with Gasteiger partial charge < -0.3 is 20.5 Å². The molecular weight excluding hydrogens is 294 g/mol. The van der Waals surface area contributed by atoms with Crippen molar-refractivity contribution in [3.63, 3.8) is 0 Å². The van der Waals surface area contributed by atoms with Gasteiger partial charge in [-0.1, -0.05) is 12.8 Å². The van der Waals surface area contributed by atoms with Crippen LogP contribution in [0.1, 0.15) is 44.6 Å². The summed E-state index contributed by atoms with van der Waals surface area (Å²) in [5.41, 5.74) is 1.80. The van der Waals surface area contributed by atoms with Gasteiger partial charge in [-0.25, -0.2) is 0 Å². The van der Waals surface area contributed by atoms with Gasteiger partial charge in [-0.3, -0.25) is 4.79 Å². The standard InChI is InChI=1S/C17H23N3O3/c1-13(22)23-9-5-3-2-4-8-17(12-21)19-15-7-6-14(11-18)10-16(15)20-17/h6-7,10,19-21H,2-5,8-9,12H2,1H3. The monoisotopic (exact) mass is 317 g/mol. The minimum atomic E-state index is -0.563. The first-order valence-corrected chi connectivity index (χ1v) is 7.93. The average molecular weight is 317 g/mol. The Morgan fingerprint density at radius 2 is 2.00 bits per heavy atom. The third-order valence-electron chi connectivity index (χ3n) is 3.97. The molecule has 0 radical (unpaired) electrons. The largest absolute Gasteiger partial charge is 0.466 e. The predicted octanol–water partition coefficient (Wildman–Crippen LogP) is 2.60. The molecule has 1 atom stereocenters. The Balaban J connectivity index is 1.78. The Hall–Kier alpha value is -2.26. The molecule has 1 aliphatic heterocycles. The third-order valence-corrected chi connectivity index (χ3v) is 3.97. The molecule has 0 bridgehead atoms. The van der Waals surface area contributed by atoms with Crippen molar-refractivity contribution in [1.29, 1.82) is 5.26 Å². The number of benzene rings is 1. The molecule has 0 spiro atoms. The van der Waals surface area contributed by atoms with Crippen LogP contribution >= 0.6 is 0 Å². The Labute approximate surface area is 136 Å². The second kappa shape index (κ2) is 7.84. The Morgan fingerprint density at radius 3 is 2.70 bits per heavy atom. The highest BCUT2D eigenvalue weighted by atomic mass is 16.5. The molecule has 0 saturated carbocycles. The van der Waals surface area contributed by atoms with Crippen molar-refractivity contribution in [2.24, 2.45) is 0 Å². The van der Waals surface area contributed by atoms with E-state index in [-0.39, 0.29) is 12.6 Å². The van der Waals surface area contributed by atoms with Gasteiger partial charge in [0.2, 0.25) is 0 Å². The maximum atomic E-state index is 10.7. The van der Waals surface area contributed by atoms with Gasteiger partial charge in [0.15, 0.2) is 0 Å². The third kappa shape index (κ3) is 4.60. The SMILES string of the molecule is CC(=O)OCCCCCCC1(CO)Nc2ccc(C#N)cc2N1. The highest BCUT2D eigenvalue weighted by Gasteiger charge is 2.35. The second-order valence-electron chi connectivity index (χ2n) is 5.87. The zero-order chi connectivity index (χ0) is 16.7. The van der Waals surface area contributed by atoms with Crippen LogP contribution in [0.2, 0.25) is 0 Å². The summed E-state index contributed by atoms with van der Waals surface area (Å²) in [6, 6.07) is 7.52. The van der Waals surface area contributed by atoms with Crippen molar-refractivity contribution >= 4 is 17.3 Å². The van der Waals surface area contributed by atoms with Crippen molar-refractivity contribution in [1.82, 2.24) is 0 Å². The normalized spacial score (nSPS) is 18.5. The summed E-state index contributed by atoms with van der Waals surface area (Å²) in [6.07, 6.45) is 4.57. The molecule has 0 aromatic heterocycles. The number of carbonyl (C=O) groups excluding carboxylic acids is 1. The van der Waals surface area contributed by atoms with Gasteiger partial charge in [0.25, 0.3) is 0 Å². The maximum absolute atomic E-state index is 10.7. The van der Waals surface area contributed by atoms with Gasteiger partial charge in [-0.05, 0) is 37.5 Å². The van der Waals surface area contributed by atoms with E-state index in [1.165, 1.54) is 6.92 Å². The molecule has 0 amide bonds. The number of ether oxygens (including phenoxy) is 1. The molecule has 23 heavy (non-hydrogen) atoms. The fourth-order valence-corrected chi connectivity index (χ4v) is 2.75. The van der Waals surface area contributed by atoms with Crippen LogP contribution in [0.4, 0.5) is 11.4 Å². The molecule has 0 saturated heterocycles. The van der Waals surface area contributed by atoms with E-state index in [1.807, 2.05) is 6.07 Å². The first kappa shape index (κ1) is 17.1. The number of aliphatic hydroxyl groups is 1. The minimum absolute atomic E-state index is 0.0307. The topological polar surface area (TPSA) is 94.4 Å². The molecule has 0 fully saturated rings. The summed E-state index contributed by atoms with van der Waals surface area (Å²) < 4.78 is 4.90. The number of anilines is 2. The van der Waals surface area contributed by atoms with Crippen molar-refractivity contribution in [2.75, 3.05) is 23.8 Å². The summed E-state index contributed by atoms with van der Waals surface area (Å²) in [6.45, 7) is 1.86. The molecule has 0 aliphatic carbocycles. The molecular formula is C17H23N3O3. The van der Waals surface area contributed by atoms with Crippen LogP contribution in [0.15, 0.2) is 18.2 Å². The molecule has 1 aromatic rings. The van der Waals surface area contributed by atoms with E-state index in [0.29, 0.717) is 12.2 Å². The van der Waals surface area contributed by atoms with E-state index >= 15 is 0 Å². The highest BCUT2D eigenvalue weighted by molar-refractivity contribution is 5.77. The number of aliphatic hydroxyl groups excluding tert-OH is 1. The number of nitrogens with zero attached hydrogens (tertiary/aromatic N) is 1. The first-order valence-electron chi connectivity index (χ1n) is 7.93. The number of hydrogen-bond donors (Lipinski definition) is 3. The first-order chi connectivity index (χ1) is 11.1. The summed E-state index contributed by atoms with van der Waals surface area (Å²) in [5, 5.41) is 25.4. The lowest BCUT2D eigenvalue weighted by atomic mass is 10.0. The van der Waals surface area contributed by atoms with Crippen LogP contribution in [0.25, 0.3) is 0 Å². The van der Waals surface area contributed by atoms with E-state index in [2.05, 4.69) is 16.7 Å². The van der Waals surface area contributed by atoms with Gasteiger partial charge in [0.05, 0.1) is 36.2 Å². The summed E-state index contributed by atoms with van der Waals surface area (Å²) >= 11 is 0. The van der Waals surface area contributed by atoms with Crippen molar-refractivity contribution < 1.29 is 14.6 Å². The van der Waals surface area contributed by atoms with E-state index in [4.69, 9.17) is 10.00 Å². The fourth-order valence-electron chi connectivity index (χ4n) is 2.75. The molecule has 124 valence electrons. The van der Waals surface area contributed by atoms with E-state index in [9.17, 15) is 9.90 Å². The van der Waals surface area contributed by atoms with E-state index < -0.39 is 5.66 Å². The quantitative estimate of drug-likeness (QED) is 0.504. The average Bonchev–Trinajstić information content (AvgIpc) is 2.91. The molecule has 3 N–H and O–H groups in total. The van der Waals surface area contributed by atoms with E-state index in [0.717, 1.165) is 43.5 Å². The van der Waals surface area contributed by atoms with Gasteiger partial charge in [-0.2, -0.15) is 5.26 Å². The number of hydrogen-bond acceptors (Lipinski definition) is 6. The van der Waals surface area contributed by atoms with Gasteiger partial charge >= 0.3 is 5.97 Å². The second-order valence-corrected chi connectivity index (χ2v) is 5.87. The van der Waals surface area contributed by atoms with Crippen molar-refractivity contribution in [2.45, 2.75) is 44.7 Å². The summed E-state index contributed by atoms with van der Waals surface area (Å²) in [7, 11) is 0. The molecule has 1 unspecified atom stereocenters. The van der Waals surface area contributed by atoms with Gasteiger partial charge in [0, 0.05) is 6.92 Å². The number of rotatable bonds is 8. The number of nitriles is 1. The molecule has 1 heterocycles. The summed E-state index contributed by atoms with van der Waals surface area (Å²) in [5.74, 6) is -0.238. The van der Waals surface area contributed by atoms with Crippen LogP contribution in [-0.4, -0.2) is 30.0 Å². The van der Waals surface area contributed by atoms with Crippen molar-refractivity contribution in [3.05, 3.63) is 23.8 Å². The molecule has 6 nitrogen and oxygen atoms in total. The predicted molar refractivity (Wildman–Crippen MR) is 87.9 cm³/mol. The molecule has 1 aromatic carbocycles. The zero-order valence-corrected chi connectivity index (χ0v) is 13.4. The smallest absolute Gasteiger partial charge is 0.302 e. The highest BCUT2D eigenvalue weighted by Crippen LogP contribution is 2.36. The Bertz CT molecular complexity index is 597. The summed E-state index contributed by atoms with van der Waals surface area (Å²) in [4.78, 5) is 10.7. The van der Waals surface area contributed by atoms with Crippen molar-refractivity contribution in [3.8, 4) is 6.07 Å². The lowest BCUT2D eigenvalue weighted by molar-refractivity contribution is -0.141. The number of unbranched alkanes of at least 4 members (excludes halogenated alkanes) is 3. The number of nitrogens with one attached hydrogen (secondary N) is 2. The Morgan fingerprint density at radius 1 is 1.26 bits per heavy atom.